The first-order chi connectivity index (χ1) is 9.38. The third-order valence-corrected chi connectivity index (χ3v) is 4.78. The third kappa shape index (κ3) is 3.56. The van der Waals surface area contributed by atoms with Crippen LogP contribution in [0, 0.1) is 0 Å². The Bertz CT molecular complexity index is 751. The predicted octanol–water partition coefficient (Wildman–Crippen LogP) is 2.18. The fourth-order valence-electron chi connectivity index (χ4n) is 1.71. The molecule has 0 aliphatic heterocycles. The zero-order valence-electron chi connectivity index (χ0n) is 10.6. The maximum absolute atomic E-state index is 12.2. The number of hydrogen-bond acceptors (Lipinski definition) is 3. The number of rotatable bonds is 4. The van der Waals surface area contributed by atoms with Crippen LogP contribution in [0.5, 0.6) is 0 Å². The predicted molar refractivity (Wildman–Crippen MR) is 79.9 cm³/mol. The number of aromatic nitrogens is 1. The fraction of sp³-hybridized carbons (Fsp3) is 0.154. The van der Waals surface area contributed by atoms with Gasteiger partial charge in [-0.1, -0.05) is 28.1 Å². The van der Waals surface area contributed by atoms with E-state index < -0.39 is 10.0 Å². The molecule has 2 rings (SSSR count). The van der Waals surface area contributed by atoms with E-state index in [1.54, 1.807) is 6.92 Å². The van der Waals surface area contributed by atoms with Gasteiger partial charge >= 0.3 is 0 Å². The molecule has 0 aliphatic rings. The largest absolute Gasteiger partial charge is 0.328 e. The molecule has 1 unspecified atom stereocenters. The molecule has 0 aliphatic carbocycles. The number of hydrogen-bond donors (Lipinski definition) is 2. The van der Waals surface area contributed by atoms with Crippen LogP contribution in [0.4, 0.5) is 0 Å². The molecule has 1 aromatic carbocycles. The van der Waals surface area contributed by atoms with Crippen LogP contribution in [0.15, 0.2) is 56.8 Å². The Morgan fingerprint density at radius 2 is 2.00 bits per heavy atom. The van der Waals surface area contributed by atoms with E-state index in [9.17, 15) is 13.2 Å². The van der Waals surface area contributed by atoms with Gasteiger partial charge in [-0.25, -0.2) is 13.1 Å². The van der Waals surface area contributed by atoms with Crippen molar-refractivity contribution in [3.05, 3.63) is 63.0 Å². The maximum Gasteiger partial charge on any atom is 0.247 e. The molecule has 0 fully saturated rings. The van der Waals surface area contributed by atoms with Gasteiger partial charge in [-0.2, -0.15) is 0 Å². The van der Waals surface area contributed by atoms with E-state index in [1.165, 1.54) is 18.3 Å². The van der Waals surface area contributed by atoms with E-state index in [0.29, 0.717) is 0 Å². The summed E-state index contributed by atoms with van der Waals surface area (Å²) in [4.78, 5) is 13.3. The van der Waals surface area contributed by atoms with E-state index in [4.69, 9.17) is 0 Å². The molecule has 0 spiro atoms. The Balaban J connectivity index is 2.24. The van der Waals surface area contributed by atoms with E-state index in [-0.39, 0.29) is 16.5 Å². The second kappa shape index (κ2) is 5.90. The summed E-state index contributed by atoms with van der Waals surface area (Å²) in [6.07, 6.45) is 1.18. The topological polar surface area (TPSA) is 79.0 Å². The number of halogens is 1. The van der Waals surface area contributed by atoms with Crippen LogP contribution >= 0.6 is 15.9 Å². The molecular formula is C13H13BrN2O3S. The van der Waals surface area contributed by atoms with Crippen molar-refractivity contribution >= 4 is 26.0 Å². The molecule has 1 heterocycles. The van der Waals surface area contributed by atoms with Crippen LogP contribution in [-0.2, 0) is 10.0 Å². The normalized spacial score (nSPS) is 13.1. The highest BCUT2D eigenvalue weighted by atomic mass is 79.9. The summed E-state index contributed by atoms with van der Waals surface area (Å²) >= 11 is 3.35. The standard InChI is InChI=1S/C13H13BrN2O3S/c1-9(10-3-2-4-11(14)7-10)16-20(18,19)12-5-6-13(17)15-8-12/h2-9,16H,1H3,(H,15,17). The van der Waals surface area contributed by atoms with Crippen molar-refractivity contribution in [2.24, 2.45) is 0 Å². The summed E-state index contributed by atoms with van der Waals surface area (Å²) in [5.41, 5.74) is 0.497. The lowest BCUT2D eigenvalue weighted by molar-refractivity contribution is 0.566. The number of aromatic amines is 1. The summed E-state index contributed by atoms with van der Waals surface area (Å²) in [6.45, 7) is 1.75. The number of H-pyrrole nitrogens is 1. The van der Waals surface area contributed by atoms with Crippen molar-refractivity contribution in [1.29, 1.82) is 0 Å². The summed E-state index contributed by atoms with van der Waals surface area (Å²) in [5.74, 6) is 0. The van der Waals surface area contributed by atoms with Gasteiger partial charge in [0.1, 0.15) is 0 Å². The minimum atomic E-state index is -3.67. The molecule has 7 heteroatoms. The summed E-state index contributed by atoms with van der Waals surface area (Å²) in [6, 6.07) is 9.46. The second-order valence-electron chi connectivity index (χ2n) is 4.29. The van der Waals surface area contributed by atoms with Gasteiger partial charge in [-0.3, -0.25) is 4.79 Å². The van der Waals surface area contributed by atoms with Crippen molar-refractivity contribution in [3.8, 4) is 0 Å². The lowest BCUT2D eigenvalue weighted by atomic mass is 10.1. The van der Waals surface area contributed by atoms with Crippen LogP contribution in [-0.4, -0.2) is 13.4 Å². The van der Waals surface area contributed by atoms with Crippen molar-refractivity contribution in [2.75, 3.05) is 0 Å². The molecule has 0 amide bonds. The molecule has 0 bridgehead atoms. The summed E-state index contributed by atoms with van der Waals surface area (Å²) in [7, 11) is -3.67. The first-order valence-electron chi connectivity index (χ1n) is 5.85. The zero-order chi connectivity index (χ0) is 14.8. The highest BCUT2D eigenvalue weighted by molar-refractivity contribution is 9.10. The maximum atomic E-state index is 12.2. The average Bonchev–Trinajstić information content (AvgIpc) is 2.38. The van der Waals surface area contributed by atoms with Gasteiger partial charge in [0.2, 0.25) is 15.6 Å². The average molecular weight is 357 g/mol. The zero-order valence-corrected chi connectivity index (χ0v) is 13.0. The molecule has 0 saturated carbocycles. The number of pyridine rings is 1. The Morgan fingerprint density at radius 1 is 1.25 bits per heavy atom. The molecular weight excluding hydrogens is 344 g/mol. The highest BCUT2D eigenvalue weighted by Gasteiger charge is 2.18. The molecule has 0 saturated heterocycles. The molecule has 106 valence electrons. The Labute approximate surface area is 125 Å². The molecule has 20 heavy (non-hydrogen) atoms. The van der Waals surface area contributed by atoms with Crippen molar-refractivity contribution in [3.63, 3.8) is 0 Å². The summed E-state index contributed by atoms with van der Waals surface area (Å²) < 4.78 is 27.8. The molecule has 1 atom stereocenters. The van der Waals surface area contributed by atoms with Gasteiger partial charge in [-0.15, -0.1) is 0 Å². The second-order valence-corrected chi connectivity index (χ2v) is 6.92. The monoisotopic (exact) mass is 356 g/mol. The van der Waals surface area contributed by atoms with Gasteiger partial charge in [0.25, 0.3) is 0 Å². The number of nitrogens with one attached hydrogen (secondary N) is 2. The van der Waals surface area contributed by atoms with Crippen LogP contribution in [0.1, 0.15) is 18.5 Å². The molecule has 2 aromatic rings. The van der Waals surface area contributed by atoms with Gasteiger partial charge in [0, 0.05) is 22.8 Å². The van der Waals surface area contributed by atoms with E-state index in [0.717, 1.165) is 10.0 Å². The summed E-state index contributed by atoms with van der Waals surface area (Å²) in [5, 5.41) is 0. The number of sulfonamides is 1. The van der Waals surface area contributed by atoms with Gasteiger partial charge in [0.15, 0.2) is 0 Å². The number of benzene rings is 1. The quantitative estimate of drug-likeness (QED) is 0.880. The SMILES string of the molecule is CC(NS(=O)(=O)c1ccc(=O)[nH]c1)c1cccc(Br)c1. The fourth-order valence-corrected chi connectivity index (χ4v) is 3.32. The molecule has 2 N–H and O–H groups in total. The minimum absolute atomic E-state index is 0.0268. The van der Waals surface area contributed by atoms with E-state index >= 15 is 0 Å². The third-order valence-electron chi connectivity index (χ3n) is 2.75. The minimum Gasteiger partial charge on any atom is -0.328 e. The first kappa shape index (κ1) is 15.0. The van der Waals surface area contributed by atoms with Gasteiger partial charge in [-0.05, 0) is 30.7 Å². The smallest absolute Gasteiger partial charge is 0.247 e. The van der Waals surface area contributed by atoms with Crippen LogP contribution in [0.3, 0.4) is 0 Å². The van der Waals surface area contributed by atoms with Gasteiger partial charge < -0.3 is 4.98 Å². The van der Waals surface area contributed by atoms with Crippen molar-refractivity contribution in [2.45, 2.75) is 17.9 Å². The van der Waals surface area contributed by atoms with Crippen LogP contribution in [0.2, 0.25) is 0 Å². The van der Waals surface area contributed by atoms with E-state index in [1.807, 2.05) is 24.3 Å². The van der Waals surface area contributed by atoms with E-state index in [2.05, 4.69) is 25.6 Å². The van der Waals surface area contributed by atoms with Crippen molar-refractivity contribution in [1.82, 2.24) is 9.71 Å². The lowest BCUT2D eigenvalue weighted by Gasteiger charge is -2.14. The van der Waals surface area contributed by atoms with Crippen LogP contribution in [0.25, 0.3) is 0 Å². The van der Waals surface area contributed by atoms with Crippen LogP contribution < -0.4 is 10.3 Å². The molecule has 0 radical (unpaired) electrons. The van der Waals surface area contributed by atoms with Gasteiger partial charge in [0.05, 0.1) is 4.90 Å². The Morgan fingerprint density at radius 3 is 2.60 bits per heavy atom. The Kier molecular flexibility index (Phi) is 4.42. The molecule has 5 nitrogen and oxygen atoms in total. The first-order valence-corrected chi connectivity index (χ1v) is 8.12. The lowest BCUT2D eigenvalue weighted by Crippen LogP contribution is -2.27. The van der Waals surface area contributed by atoms with Crippen molar-refractivity contribution < 1.29 is 8.42 Å². The Hall–Kier alpha value is -1.44. The highest BCUT2D eigenvalue weighted by Crippen LogP contribution is 2.19. The molecule has 1 aromatic heterocycles.